The highest BCUT2D eigenvalue weighted by molar-refractivity contribution is 9.10. The van der Waals surface area contributed by atoms with Crippen molar-refractivity contribution in [3.63, 3.8) is 0 Å². The Labute approximate surface area is 161 Å². The molecule has 134 valence electrons. The van der Waals surface area contributed by atoms with Gasteiger partial charge in [0.1, 0.15) is 12.1 Å². The van der Waals surface area contributed by atoms with E-state index in [2.05, 4.69) is 60.4 Å². The molecule has 2 heterocycles. The summed E-state index contributed by atoms with van der Waals surface area (Å²) in [6.07, 6.45) is 1.60. The van der Waals surface area contributed by atoms with E-state index in [9.17, 15) is 0 Å². The van der Waals surface area contributed by atoms with Crippen molar-refractivity contribution in [2.75, 3.05) is 31.6 Å². The molecular weight excluding hydrogens is 392 g/mol. The molecule has 0 bridgehead atoms. The van der Waals surface area contributed by atoms with Gasteiger partial charge in [0.15, 0.2) is 0 Å². The van der Waals surface area contributed by atoms with Gasteiger partial charge in [-0.2, -0.15) is 0 Å². The Kier molecular flexibility index (Phi) is 5.43. The van der Waals surface area contributed by atoms with Crippen molar-refractivity contribution in [3.05, 3.63) is 64.4 Å². The first-order chi connectivity index (χ1) is 12.8. The van der Waals surface area contributed by atoms with Gasteiger partial charge in [-0.05, 0) is 29.3 Å². The summed E-state index contributed by atoms with van der Waals surface area (Å²) in [4.78, 5) is 11.1. The van der Waals surface area contributed by atoms with Gasteiger partial charge in [-0.25, -0.2) is 9.97 Å². The van der Waals surface area contributed by atoms with Crippen LogP contribution in [0, 0.1) is 0 Å². The summed E-state index contributed by atoms with van der Waals surface area (Å²) in [7, 11) is 0. The van der Waals surface area contributed by atoms with Gasteiger partial charge in [0.05, 0.1) is 18.7 Å². The maximum absolute atomic E-state index is 5.41. The van der Waals surface area contributed by atoms with Crippen LogP contribution in [0.3, 0.4) is 0 Å². The van der Waals surface area contributed by atoms with E-state index in [-0.39, 0.29) is 0 Å². The summed E-state index contributed by atoms with van der Waals surface area (Å²) in [6, 6.07) is 14.8. The summed E-state index contributed by atoms with van der Waals surface area (Å²) in [6.45, 7) is 5.42. The SMILES string of the molecule is Brc1ccc2ncnc(NCc3ccc(CN4CCOCC4)cc3)c2c1. The molecule has 3 aromatic rings. The number of hydrogen-bond donors (Lipinski definition) is 1. The molecule has 26 heavy (non-hydrogen) atoms. The number of fused-ring (bicyclic) bond motifs is 1. The van der Waals surface area contributed by atoms with Crippen molar-refractivity contribution in [2.45, 2.75) is 13.1 Å². The van der Waals surface area contributed by atoms with Crippen molar-refractivity contribution in [1.29, 1.82) is 0 Å². The average molecular weight is 413 g/mol. The van der Waals surface area contributed by atoms with Crippen LogP contribution in [0.2, 0.25) is 0 Å². The number of nitrogens with one attached hydrogen (secondary N) is 1. The van der Waals surface area contributed by atoms with Gasteiger partial charge in [0, 0.05) is 36.0 Å². The minimum absolute atomic E-state index is 0.733. The molecule has 0 unspecified atom stereocenters. The number of rotatable bonds is 5. The largest absolute Gasteiger partial charge is 0.379 e. The number of halogens is 1. The van der Waals surface area contributed by atoms with E-state index >= 15 is 0 Å². The molecule has 4 rings (SSSR count). The summed E-state index contributed by atoms with van der Waals surface area (Å²) in [5.74, 6) is 0.855. The van der Waals surface area contributed by atoms with Crippen molar-refractivity contribution in [2.24, 2.45) is 0 Å². The summed E-state index contributed by atoms with van der Waals surface area (Å²) >= 11 is 3.52. The third-order valence-electron chi connectivity index (χ3n) is 4.59. The van der Waals surface area contributed by atoms with Gasteiger partial charge in [-0.15, -0.1) is 0 Å². The van der Waals surface area contributed by atoms with E-state index in [4.69, 9.17) is 4.74 Å². The molecule has 5 nitrogen and oxygen atoms in total. The Morgan fingerprint density at radius 2 is 1.77 bits per heavy atom. The van der Waals surface area contributed by atoms with Crippen LogP contribution in [0.4, 0.5) is 5.82 Å². The minimum Gasteiger partial charge on any atom is -0.379 e. The summed E-state index contributed by atoms with van der Waals surface area (Å²) in [5, 5.41) is 4.45. The average Bonchev–Trinajstić information content (AvgIpc) is 2.68. The Morgan fingerprint density at radius 1 is 1.00 bits per heavy atom. The monoisotopic (exact) mass is 412 g/mol. The van der Waals surface area contributed by atoms with Crippen LogP contribution in [-0.4, -0.2) is 41.2 Å². The van der Waals surface area contributed by atoms with E-state index in [1.807, 2.05) is 18.2 Å². The second-order valence-corrected chi connectivity index (χ2v) is 7.36. The molecule has 6 heteroatoms. The third kappa shape index (κ3) is 4.20. The van der Waals surface area contributed by atoms with Crippen molar-refractivity contribution in [1.82, 2.24) is 14.9 Å². The quantitative estimate of drug-likeness (QED) is 0.689. The van der Waals surface area contributed by atoms with Gasteiger partial charge in [0.25, 0.3) is 0 Å². The topological polar surface area (TPSA) is 50.3 Å². The highest BCUT2D eigenvalue weighted by Crippen LogP contribution is 2.23. The van der Waals surface area contributed by atoms with Crippen LogP contribution in [0.5, 0.6) is 0 Å². The Hall–Kier alpha value is -2.02. The number of benzene rings is 2. The number of hydrogen-bond acceptors (Lipinski definition) is 5. The van der Waals surface area contributed by atoms with Crippen LogP contribution in [0.1, 0.15) is 11.1 Å². The fourth-order valence-electron chi connectivity index (χ4n) is 3.14. The number of ether oxygens (including phenoxy) is 1. The number of nitrogens with zero attached hydrogens (tertiary/aromatic N) is 3. The molecule has 2 aromatic carbocycles. The highest BCUT2D eigenvalue weighted by Gasteiger charge is 2.10. The van der Waals surface area contributed by atoms with Crippen LogP contribution in [0.15, 0.2) is 53.3 Å². The molecule has 1 fully saturated rings. The molecule has 0 radical (unpaired) electrons. The second-order valence-electron chi connectivity index (χ2n) is 6.44. The molecule has 0 saturated carbocycles. The lowest BCUT2D eigenvalue weighted by Crippen LogP contribution is -2.35. The molecule has 0 amide bonds. The predicted octanol–water partition coefficient (Wildman–Crippen LogP) is 3.84. The zero-order valence-corrected chi connectivity index (χ0v) is 16.1. The Bertz CT molecular complexity index is 879. The smallest absolute Gasteiger partial charge is 0.137 e. The maximum Gasteiger partial charge on any atom is 0.137 e. The lowest BCUT2D eigenvalue weighted by Gasteiger charge is -2.26. The van der Waals surface area contributed by atoms with Gasteiger partial charge in [-0.1, -0.05) is 40.2 Å². The van der Waals surface area contributed by atoms with Gasteiger partial charge in [-0.3, -0.25) is 4.90 Å². The van der Waals surface area contributed by atoms with Crippen LogP contribution in [-0.2, 0) is 17.8 Å². The second kappa shape index (κ2) is 8.12. The Morgan fingerprint density at radius 3 is 2.58 bits per heavy atom. The fraction of sp³-hybridized carbons (Fsp3) is 0.300. The zero-order valence-electron chi connectivity index (χ0n) is 14.5. The minimum atomic E-state index is 0.733. The molecule has 1 aliphatic rings. The lowest BCUT2D eigenvalue weighted by atomic mass is 10.1. The molecule has 0 atom stereocenters. The van der Waals surface area contributed by atoms with E-state index in [1.165, 1.54) is 11.1 Å². The molecule has 0 spiro atoms. The molecule has 1 aromatic heterocycles. The number of aromatic nitrogens is 2. The van der Waals surface area contributed by atoms with Gasteiger partial charge >= 0.3 is 0 Å². The summed E-state index contributed by atoms with van der Waals surface area (Å²) in [5.41, 5.74) is 3.51. The lowest BCUT2D eigenvalue weighted by molar-refractivity contribution is 0.0342. The van der Waals surface area contributed by atoms with Crippen LogP contribution in [0.25, 0.3) is 10.9 Å². The summed E-state index contributed by atoms with van der Waals surface area (Å²) < 4.78 is 6.43. The predicted molar refractivity (Wildman–Crippen MR) is 107 cm³/mol. The highest BCUT2D eigenvalue weighted by atomic mass is 79.9. The number of morpholine rings is 1. The maximum atomic E-state index is 5.41. The first-order valence-electron chi connectivity index (χ1n) is 8.80. The Balaban J connectivity index is 1.41. The van der Waals surface area contributed by atoms with E-state index in [0.29, 0.717) is 0 Å². The first-order valence-corrected chi connectivity index (χ1v) is 9.59. The standard InChI is InChI=1S/C20H21BrN4O/c21-17-5-6-19-18(11-17)20(24-14-23-19)22-12-15-1-3-16(4-2-15)13-25-7-9-26-10-8-25/h1-6,11,14H,7-10,12-13H2,(H,22,23,24). The van der Waals surface area contributed by atoms with E-state index < -0.39 is 0 Å². The molecule has 1 N–H and O–H groups in total. The fourth-order valence-corrected chi connectivity index (χ4v) is 3.50. The molecule has 1 aliphatic heterocycles. The van der Waals surface area contributed by atoms with Crippen molar-refractivity contribution < 1.29 is 4.74 Å². The van der Waals surface area contributed by atoms with Crippen LogP contribution >= 0.6 is 15.9 Å². The van der Waals surface area contributed by atoms with Gasteiger partial charge < -0.3 is 10.1 Å². The van der Waals surface area contributed by atoms with Gasteiger partial charge in [0.2, 0.25) is 0 Å². The first kappa shape index (κ1) is 17.4. The van der Waals surface area contributed by atoms with Crippen LogP contribution < -0.4 is 5.32 Å². The zero-order chi connectivity index (χ0) is 17.8. The third-order valence-corrected chi connectivity index (χ3v) is 5.08. The number of anilines is 1. The molecule has 0 aliphatic carbocycles. The van der Waals surface area contributed by atoms with Crippen molar-refractivity contribution >= 4 is 32.7 Å². The molecular formula is C20H21BrN4O. The van der Waals surface area contributed by atoms with E-state index in [0.717, 1.165) is 60.6 Å². The van der Waals surface area contributed by atoms with Crippen molar-refractivity contribution in [3.8, 4) is 0 Å². The van der Waals surface area contributed by atoms with E-state index in [1.54, 1.807) is 6.33 Å². The normalized spacial score (nSPS) is 15.3. The molecule has 1 saturated heterocycles.